The van der Waals surface area contributed by atoms with Crippen molar-refractivity contribution >= 4 is 18.8 Å². The Balaban J connectivity index is 0. The maximum absolute atomic E-state index is 6.87. The molecular formula is C13H27Cl2N2O2Pt-3. The molecule has 20 heavy (non-hydrogen) atoms. The van der Waals surface area contributed by atoms with Gasteiger partial charge in [-0.15, -0.1) is 13.1 Å². The van der Waals surface area contributed by atoms with Crippen LogP contribution in [0.15, 0.2) is 0 Å². The van der Waals surface area contributed by atoms with E-state index >= 15 is 0 Å². The van der Waals surface area contributed by atoms with Gasteiger partial charge >= 0.3 is 35.3 Å². The van der Waals surface area contributed by atoms with E-state index in [1.165, 1.54) is 0 Å². The molecule has 2 atom stereocenters. The summed E-state index contributed by atoms with van der Waals surface area (Å²) in [4.78, 5) is 0. The van der Waals surface area contributed by atoms with Crippen molar-refractivity contribution in [2.75, 3.05) is 26.3 Å². The van der Waals surface area contributed by atoms with Gasteiger partial charge in [0.2, 0.25) is 0 Å². The summed E-state index contributed by atoms with van der Waals surface area (Å²) in [5, 5.41) is 0. The van der Waals surface area contributed by atoms with Gasteiger partial charge < -0.3 is 27.9 Å². The molecule has 0 radical (unpaired) electrons. The van der Waals surface area contributed by atoms with Crippen LogP contribution in [0.4, 0.5) is 0 Å². The molecule has 7 heteroatoms. The number of halogens is 2. The number of rotatable bonds is 2. The summed E-state index contributed by atoms with van der Waals surface area (Å²) >= 11 is -0.472. The molecule has 2 N–H and O–H groups in total. The molecule has 2 rings (SSSR count). The fourth-order valence-electron chi connectivity index (χ4n) is 1.61. The maximum atomic E-state index is 6.87. The average molecular weight is 509 g/mol. The van der Waals surface area contributed by atoms with Crippen LogP contribution in [0.2, 0.25) is 0 Å². The van der Waals surface area contributed by atoms with Gasteiger partial charge in [-0.2, -0.15) is 6.42 Å². The molecule has 128 valence electrons. The molecule has 0 aromatic carbocycles. The van der Waals surface area contributed by atoms with Crippen molar-refractivity contribution in [2.45, 2.75) is 51.2 Å². The van der Waals surface area contributed by atoms with E-state index in [0.717, 1.165) is 45.3 Å². The Hall–Kier alpha value is 1.11. The molecule has 0 aromatic heterocycles. The van der Waals surface area contributed by atoms with E-state index in [1.54, 1.807) is 0 Å². The minimum atomic E-state index is -0.472. The van der Waals surface area contributed by atoms with Gasteiger partial charge in [-0.1, -0.05) is 6.92 Å². The van der Waals surface area contributed by atoms with Crippen LogP contribution in [-0.2, 0) is 26.0 Å². The van der Waals surface area contributed by atoms with E-state index in [4.69, 9.17) is 39.8 Å². The van der Waals surface area contributed by atoms with Gasteiger partial charge in [0.05, 0.1) is 0 Å². The fraction of sp³-hybridized carbons (Fsp3) is 0.923. The number of hydrogen-bond donors (Lipinski definition) is 0. The quantitative estimate of drug-likeness (QED) is 0.490. The second-order valence-corrected chi connectivity index (χ2v) is 7.51. The van der Waals surface area contributed by atoms with Crippen LogP contribution in [-0.4, -0.2) is 38.5 Å². The first kappa shape index (κ1) is 23.4. The van der Waals surface area contributed by atoms with Crippen LogP contribution >= 0.6 is 18.8 Å². The summed E-state index contributed by atoms with van der Waals surface area (Å²) in [7, 11) is 9.75. The minimum Gasteiger partial charge on any atom is -0.675 e. The third-order valence-electron chi connectivity index (χ3n) is 2.50. The summed E-state index contributed by atoms with van der Waals surface area (Å²) < 4.78 is 10.2. The van der Waals surface area contributed by atoms with Crippen molar-refractivity contribution in [2.24, 2.45) is 0 Å². The first-order valence-electron chi connectivity index (χ1n) is 6.84. The topological polar surface area (TPSA) is 66.1 Å². The van der Waals surface area contributed by atoms with Crippen LogP contribution in [0.1, 0.15) is 39.0 Å². The standard InChI is InChI=1S/2C5H10NO.C3H7.2ClH.Pt/c2*6-4-5-2-1-3-7-5;1-3-2;;;/h2*5-6H,1-4H2;1,3H2,2H3;2*1H;/q3*-1;;;+2/p-2. The monoisotopic (exact) mass is 508 g/mol. The molecule has 0 amide bonds. The Bertz CT molecular complexity index is 152. The third-order valence-corrected chi connectivity index (χ3v) is 2.50. The molecule has 2 aliphatic heterocycles. The van der Waals surface area contributed by atoms with Gasteiger partial charge in [0.25, 0.3) is 0 Å². The zero-order valence-corrected chi connectivity index (χ0v) is 15.9. The van der Waals surface area contributed by atoms with E-state index in [-0.39, 0.29) is 12.2 Å². The van der Waals surface area contributed by atoms with Gasteiger partial charge in [-0.05, 0) is 25.7 Å². The maximum Gasteiger partial charge on any atom is 0.0469 e. The molecule has 0 aromatic rings. The molecule has 0 aliphatic carbocycles. The van der Waals surface area contributed by atoms with E-state index in [0.29, 0.717) is 13.1 Å². The molecule has 2 aliphatic rings. The first-order chi connectivity index (χ1) is 9.69. The summed E-state index contributed by atoms with van der Waals surface area (Å²) in [5.41, 5.74) is 13.7. The number of ether oxygens (including phenoxy) is 2. The third kappa shape index (κ3) is 17.2. The van der Waals surface area contributed by atoms with Crippen molar-refractivity contribution in [3.63, 3.8) is 0 Å². The number of hydrogen-bond acceptors (Lipinski definition) is 2. The van der Waals surface area contributed by atoms with E-state index in [1.807, 2.05) is 6.92 Å². The molecule has 2 fully saturated rings. The van der Waals surface area contributed by atoms with Crippen molar-refractivity contribution in [1.82, 2.24) is 0 Å². The van der Waals surface area contributed by atoms with Crippen molar-refractivity contribution < 1.29 is 26.0 Å². The predicted octanol–water partition coefficient (Wildman–Crippen LogP) is 5.04. The smallest absolute Gasteiger partial charge is 0.0469 e. The summed E-state index contributed by atoms with van der Waals surface area (Å²) in [6.45, 7) is 8.15. The molecule has 0 bridgehead atoms. The van der Waals surface area contributed by atoms with Crippen molar-refractivity contribution in [1.29, 1.82) is 0 Å². The van der Waals surface area contributed by atoms with Gasteiger partial charge in [0, 0.05) is 25.4 Å². The zero-order valence-electron chi connectivity index (χ0n) is 12.1. The average Bonchev–Trinajstić information content (AvgIpc) is 3.14. The SMILES string of the molecule is [CH2-]CC.[Cl][Pt][Cl].[NH-]CC1CCCO1.[NH-]CC1CCCO1. The van der Waals surface area contributed by atoms with E-state index < -0.39 is 16.5 Å². The molecule has 4 nitrogen and oxygen atoms in total. The largest absolute Gasteiger partial charge is 0.675 e. The van der Waals surface area contributed by atoms with Crippen molar-refractivity contribution in [3.8, 4) is 0 Å². The normalized spacial score (nSPS) is 23.9. The molecule has 0 saturated carbocycles. The van der Waals surface area contributed by atoms with Crippen LogP contribution < -0.4 is 0 Å². The molecular weight excluding hydrogens is 482 g/mol. The van der Waals surface area contributed by atoms with Crippen molar-refractivity contribution in [3.05, 3.63) is 18.4 Å². The zero-order chi connectivity index (χ0) is 15.6. The fourth-order valence-corrected chi connectivity index (χ4v) is 1.61. The van der Waals surface area contributed by atoms with Crippen LogP contribution in [0.25, 0.3) is 11.5 Å². The van der Waals surface area contributed by atoms with Gasteiger partial charge in [0.1, 0.15) is 0 Å². The van der Waals surface area contributed by atoms with Gasteiger partial charge in [-0.3, -0.25) is 0 Å². The second-order valence-electron chi connectivity index (χ2n) is 4.22. The van der Waals surface area contributed by atoms with E-state index in [2.05, 4.69) is 6.92 Å². The molecule has 2 saturated heterocycles. The molecule has 0 spiro atoms. The minimum absolute atomic E-state index is 0.264. The van der Waals surface area contributed by atoms with Gasteiger partial charge in [-0.25, -0.2) is 0 Å². The summed E-state index contributed by atoms with van der Waals surface area (Å²) in [6, 6.07) is 0. The molecule has 2 heterocycles. The first-order valence-corrected chi connectivity index (χ1v) is 12.5. The van der Waals surface area contributed by atoms with Crippen LogP contribution in [0.5, 0.6) is 0 Å². The Kier molecular flexibility index (Phi) is 23.5. The second kappa shape index (κ2) is 20.1. The summed E-state index contributed by atoms with van der Waals surface area (Å²) in [5.74, 6) is 0. The Morgan fingerprint density at radius 2 is 1.35 bits per heavy atom. The number of nitrogens with one attached hydrogen (secondary N) is 2. The Morgan fingerprint density at radius 3 is 1.45 bits per heavy atom. The van der Waals surface area contributed by atoms with Gasteiger partial charge in [0.15, 0.2) is 0 Å². The summed E-state index contributed by atoms with van der Waals surface area (Å²) in [6.07, 6.45) is 6.04. The Labute approximate surface area is 140 Å². The predicted molar refractivity (Wildman–Crippen MR) is 83.7 cm³/mol. The van der Waals surface area contributed by atoms with E-state index in [9.17, 15) is 0 Å². The molecule has 2 unspecified atom stereocenters. The van der Waals surface area contributed by atoms with Crippen LogP contribution in [0, 0.1) is 6.92 Å². The Morgan fingerprint density at radius 1 is 1.05 bits per heavy atom. The van der Waals surface area contributed by atoms with Crippen LogP contribution in [0.3, 0.4) is 0 Å².